The molecule has 3 heteroatoms. The first kappa shape index (κ1) is 8.48. The van der Waals surface area contributed by atoms with Crippen molar-refractivity contribution in [3.05, 3.63) is 0 Å². The molecule has 2 fully saturated rings. The van der Waals surface area contributed by atoms with Crippen LogP contribution in [0.4, 0.5) is 0 Å². The van der Waals surface area contributed by atoms with E-state index in [1.165, 1.54) is 19.3 Å². The highest BCUT2D eigenvalue weighted by Gasteiger charge is 2.43. The van der Waals surface area contributed by atoms with Crippen molar-refractivity contribution in [2.45, 2.75) is 31.3 Å². The summed E-state index contributed by atoms with van der Waals surface area (Å²) in [6, 6.07) is 1.21. The molecule has 0 aliphatic heterocycles. The predicted molar refractivity (Wildman–Crippen MR) is 49.7 cm³/mol. The van der Waals surface area contributed by atoms with Crippen LogP contribution in [0.3, 0.4) is 0 Å². The van der Waals surface area contributed by atoms with Gasteiger partial charge in [0.15, 0.2) is 0 Å². The summed E-state index contributed by atoms with van der Waals surface area (Å²) in [6.07, 6.45) is 3.86. The van der Waals surface area contributed by atoms with Gasteiger partial charge >= 0.3 is 0 Å². The second-order valence-electron chi connectivity index (χ2n) is 4.24. The molecule has 2 aliphatic carbocycles. The van der Waals surface area contributed by atoms with Crippen LogP contribution in [0.2, 0.25) is 0 Å². The van der Waals surface area contributed by atoms with Gasteiger partial charge in [-0.2, -0.15) is 0 Å². The van der Waals surface area contributed by atoms with Gasteiger partial charge in [0.2, 0.25) is 0 Å². The summed E-state index contributed by atoms with van der Waals surface area (Å²) >= 11 is 0. The smallest absolute Gasteiger partial charge is 0.00997 e. The van der Waals surface area contributed by atoms with Crippen LogP contribution >= 0.6 is 0 Å². The third kappa shape index (κ3) is 1.37. The van der Waals surface area contributed by atoms with E-state index < -0.39 is 0 Å². The van der Waals surface area contributed by atoms with Crippen molar-refractivity contribution in [3.63, 3.8) is 0 Å². The molecule has 12 heavy (non-hydrogen) atoms. The van der Waals surface area contributed by atoms with Crippen LogP contribution < -0.4 is 16.8 Å². The highest BCUT2D eigenvalue weighted by atomic mass is 15.0. The molecule has 0 amide bonds. The molecule has 0 heterocycles. The fraction of sp³-hybridized carbons (Fsp3) is 1.00. The Balaban J connectivity index is 1.82. The van der Waals surface area contributed by atoms with Crippen LogP contribution in [0.1, 0.15) is 19.3 Å². The summed E-state index contributed by atoms with van der Waals surface area (Å²) in [5.74, 6) is 1.64. The van der Waals surface area contributed by atoms with Gasteiger partial charge in [-0.15, -0.1) is 0 Å². The average molecular weight is 169 g/mol. The summed E-state index contributed by atoms with van der Waals surface area (Å²) in [5, 5.41) is 3.50. The SMILES string of the molecule is NCCNC1CC2CC1CC2N. The standard InChI is InChI=1S/C9H19N3/c10-1-2-12-9-5-6-3-7(9)4-8(6)11/h6-9,12H,1-5,10-11H2. The minimum Gasteiger partial charge on any atom is -0.329 e. The number of rotatable bonds is 3. The van der Waals surface area contributed by atoms with E-state index in [1.807, 2.05) is 0 Å². The molecule has 4 unspecified atom stereocenters. The normalized spacial score (nSPS) is 45.5. The lowest BCUT2D eigenvalue weighted by molar-refractivity contribution is 0.327. The van der Waals surface area contributed by atoms with E-state index in [-0.39, 0.29) is 0 Å². The Morgan fingerprint density at radius 2 is 2.00 bits per heavy atom. The molecule has 0 saturated heterocycles. The summed E-state index contributed by atoms with van der Waals surface area (Å²) in [4.78, 5) is 0. The summed E-state index contributed by atoms with van der Waals surface area (Å²) < 4.78 is 0. The van der Waals surface area contributed by atoms with Crippen molar-refractivity contribution in [2.75, 3.05) is 13.1 Å². The van der Waals surface area contributed by atoms with Crippen LogP contribution in [0.25, 0.3) is 0 Å². The molecule has 2 rings (SSSR count). The number of hydrogen-bond donors (Lipinski definition) is 3. The topological polar surface area (TPSA) is 64.1 Å². The Labute approximate surface area is 73.9 Å². The molecular formula is C9H19N3. The van der Waals surface area contributed by atoms with E-state index in [1.54, 1.807) is 0 Å². The summed E-state index contributed by atoms with van der Waals surface area (Å²) in [7, 11) is 0. The van der Waals surface area contributed by atoms with Gasteiger partial charge in [-0.1, -0.05) is 0 Å². The third-order valence-corrected chi connectivity index (χ3v) is 3.46. The zero-order chi connectivity index (χ0) is 8.55. The van der Waals surface area contributed by atoms with E-state index in [9.17, 15) is 0 Å². The van der Waals surface area contributed by atoms with Crippen molar-refractivity contribution >= 4 is 0 Å². The second kappa shape index (κ2) is 3.32. The summed E-state index contributed by atoms with van der Waals surface area (Å²) in [6.45, 7) is 1.71. The van der Waals surface area contributed by atoms with E-state index in [0.29, 0.717) is 6.04 Å². The van der Waals surface area contributed by atoms with Crippen molar-refractivity contribution < 1.29 is 0 Å². The van der Waals surface area contributed by atoms with Gasteiger partial charge in [-0.05, 0) is 31.1 Å². The molecule has 0 aromatic rings. The zero-order valence-corrected chi connectivity index (χ0v) is 7.50. The molecular weight excluding hydrogens is 150 g/mol. The fourth-order valence-corrected chi connectivity index (χ4v) is 2.84. The molecule has 3 nitrogen and oxygen atoms in total. The lowest BCUT2D eigenvalue weighted by Gasteiger charge is -2.26. The van der Waals surface area contributed by atoms with Crippen LogP contribution in [0, 0.1) is 11.8 Å². The molecule has 2 bridgehead atoms. The van der Waals surface area contributed by atoms with Gasteiger partial charge in [0.05, 0.1) is 0 Å². The van der Waals surface area contributed by atoms with Crippen molar-refractivity contribution in [1.82, 2.24) is 5.32 Å². The largest absolute Gasteiger partial charge is 0.329 e. The molecule has 0 aromatic carbocycles. The quantitative estimate of drug-likeness (QED) is 0.541. The first-order valence-corrected chi connectivity index (χ1v) is 5.00. The zero-order valence-electron chi connectivity index (χ0n) is 7.50. The maximum absolute atomic E-state index is 5.96. The molecule has 70 valence electrons. The van der Waals surface area contributed by atoms with Crippen LogP contribution in [0.15, 0.2) is 0 Å². The number of fused-ring (bicyclic) bond motifs is 2. The maximum atomic E-state index is 5.96. The molecule has 2 saturated carbocycles. The van der Waals surface area contributed by atoms with E-state index >= 15 is 0 Å². The lowest BCUT2D eigenvalue weighted by Crippen LogP contribution is -2.41. The predicted octanol–water partition coefficient (Wildman–Crippen LogP) is -0.339. The second-order valence-corrected chi connectivity index (χ2v) is 4.24. The Kier molecular flexibility index (Phi) is 2.35. The van der Waals surface area contributed by atoms with E-state index in [4.69, 9.17) is 11.5 Å². The van der Waals surface area contributed by atoms with E-state index in [2.05, 4.69) is 5.32 Å². The number of nitrogens with two attached hydrogens (primary N) is 2. The van der Waals surface area contributed by atoms with Crippen LogP contribution in [-0.2, 0) is 0 Å². The molecule has 4 atom stereocenters. The lowest BCUT2D eigenvalue weighted by atomic mass is 9.92. The highest BCUT2D eigenvalue weighted by Crippen LogP contribution is 2.43. The van der Waals surface area contributed by atoms with Crippen LogP contribution in [0.5, 0.6) is 0 Å². The van der Waals surface area contributed by atoms with Crippen molar-refractivity contribution in [1.29, 1.82) is 0 Å². The molecule has 2 aliphatic rings. The Morgan fingerprint density at radius 1 is 1.17 bits per heavy atom. The molecule has 0 spiro atoms. The van der Waals surface area contributed by atoms with Gasteiger partial charge in [-0.3, -0.25) is 0 Å². The van der Waals surface area contributed by atoms with Gasteiger partial charge in [-0.25, -0.2) is 0 Å². The highest BCUT2D eigenvalue weighted by molar-refractivity contribution is 5.00. The van der Waals surface area contributed by atoms with Crippen molar-refractivity contribution in [2.24, 2.45) is 23.3 Å². The van der Waals surface area contributed by atoms with Gasteiger partial charge in [0, 0.05) is 25.2 Å². The minimum absolute atomic E-state index is 0.492. The van der Waals surface area contributed by atoms with Gasteiger partial charge in [0.1, 0.15) is 0 Å². The fourth-order valence-electron chi connectivity index (χ4n) is 2.84. The Hall–Kier alpha value is -0.120. The Bertz CT molecular complexity index is 158. The minimum atomic E-state index is 0.492. The number of hydrogen-bond acceptors (Lipinski definition) is 3. The number of nitrogens with one attached hydrogen (secondary N) is 1. The molecule has 5 N–H and O–H groups in total. The Morgan fingerprint density at radius 3 is 2.50 bits per heavy atom. The van der Waals surface area contributed by atoms with Gasteiger partial charge < -0.3 is 16.8 Å². The first-order valence-electron chi connectivity index (χ1n) is 5.00. The average Bonchev–Trinajstić information content (AvgIpc) is 2.58. The summed E-state index contributed by atoms with van der Waals surface area (Å²) in [5.41, 5.74) is 11.4. The maximum Gasteiger partial charge on any atom is 0.00997 e. The van der Waals surface area contributed by atoms with Gasteiger partial charge in [0.25, 0.3) is 0 Å². The first-order chi connectivity index (χ1) is 5.81. The monoisotopic (exact) mass is 169 g/mol. The molecule has 0 radical (unpaired) electrons. The third-order valence-electron chi connectivity index (χ3n) is 3.46. The van der Waals surface area contributed by atoms with Crippen LogP contribution in [-0.4, -0.2) is 25.2 Å². The van der Waals surface area contributed by atoms with E-state index in [0.717, 1.165) is 31.0 Å². The van der Waals surface area contributed by atoms with Crippen molar-refractivity contribution in [3.8, 4) is 0 Å². The molecule has 0 aromatic heterocycles.